The summed E-state index contributed by atoms with van der Waals surface area (Å²) in [6.07, 6.45) is 0. The lowest BCUT2D eigenvalue weighted by Gasteiger charge is -2.28. The molecule has 1 aliphatic rings. The lowest BCUT2D eigenvalue weighted by atomic mass is 9.88. The maximum Gasteiger partial charge on any atom is 0.133 e. The normalized spacial score (nSPS) is 13.5. The molecule has 9 rings (SSSR count). The highest BCUT2D eigenvalue weighted by Gasteiger charge is 2.29. The van der Waals surface area contributed by atoms with Gasteiger partial charge >= 0.3 is 0 Å². The molecule has 0 radical (unpaired) electrons. The predicted molar refractivity (Wildman–Crippen MR) is 211 cm³/mol. The van der Waals surface area contributed by atoms with Gasteiger partial charge in [-0.15, -0.1) is 0 Å². The Labute approximate surface area is 302 Å². The highest BCUT2D eigenvalue weighted by molar-refractivity contribution is 6.12. The summed E-state index contributed by atoms with van der Waals surface area (Å²) >= 11 is 0. The zero-order chi connectivity index (χ0) is 35.2. The molecule has 244 valence electrons. The molecular formula is C47H31N5. The first kappa shape index (κ1) is 30.8. The molecule has 1 atom stereocenters. The van der Waals surface area contributed by atoms with Gasteiger partial charge in [0.25, 0.3) is 0 Å². The first-order valence-electron chi connectivity index (χ1n) is 17.3. The van der Waals surface area contributed by atoms with Crippen LogP contribution in [0.2, 0.25) is 0 Å². The van der Waals surface area contributed by atoms with Gasteiger partial charge in [0.1, 0.15) is 17.9 Å². The Bertz CT molecular complexity index is 2690. The third kappa shape index (κ3) is 5.12. The third-order valence-electron chi connectivity index (χ3n) is 10.1. The Morgan fingerprint density at radius 3 is 1.67 bits per heavy atom. The first-order valence-corrected chi connectivity index (χ1v) is 17.3. The lowest BCUT2D eigenvalue weighted by Crippen LogP contribution is -2.23. The van der Waals surface area contributed by atoms with E-state index in [0.717, 1.165) is 83.5 Å². The summed E-state index contributed by atoms with van der Waals surface area (Å²) < 4.78 is 2.22. The Morgan fingerprint density at radius 1 is 0.558 bits per heavy atom. The number of amidine groups is 1. The number of aryl methyl sites for hydroxylation is 1. The van der Waals surface area contributed by atoms with E-state index >= 15 is 0 Å². The molecule has 1 aromatic heterocycles. The maximum absolute atomic E-state index is 10.8. The second-order valence-corrected chi connectivity index (χ2v) is 13.1. The van der Waals surface area contributed by atoms with Crippen molar-refractivity contribution in [2.75, 3.05) is 5.32 Å². The van der Waals surface area contributed by atoms with Crippen LogP contribution in [-0.2, 0) is 0 Å². The van der Waals surface area contributed by atoms with Gasteiger partial charge in [0.05, 0.1) is 33.9 Å². The molecule has 0 amide bonds. The van der Waals surface area contributed by atoms with E-state index in [1.165, 1.54) is 0 Å². The monoisotopic (exact) mass is 665 g/mol. The number of nitriles is 2. The molecule has 7 aromatic carbocycles. The smallest absolute Gasteiger partial charge is 0.133 e. The summed E-state index contributed by atoms with van der Waals surface area (Å²) in [5.74, 6) is 0.723. The van der Waals surface area contributed by atoms with Crippen molar-refractivity contribution in [2.45, 2.75) is 13.0 Å². The number of anilines is 1. The highest BCUT2D eigenvalue weighted by Crippen LogP contribution is 2.42. The van der Waals surface area contributed by atoms with Gasteiger partial charge in [0.15, 0.2) is 0 Å². The van der Waals surface area contributed by atoms with Crippen molar-refractivity contribution in [3.63, 3.8) is 0 Å². The molecule has 0 saturated carbocycles. The Kier molecular flexibility index (Phi) is 7.46. The molecular weight excluding hydrogens is 635 g/mol. The van der Waals surface area contributed by atoms with Gasteiger partial charge in [-0.3, -0.25) is 4.99 Å². The number of benzene rings is 7. The quantitative estimate of drug-likeness (QED) is 0.199. The Hall–Kier alpha value is -7.21. The minimum Gasteiger partial charge on any atom is -0.340 e. The topological polar surface area (TPSA) is 76.9 Å². The Morgan fingerprint density at radius 2 is 1.12 bits per heavy atom. The molecule has 8 aromatic rings. The highest BCUT2D eigenvalue weighted by atomic mass is 15.1. The Balaban J connectivity index is 1.27. The van der Waals surface area contributed by atoms with Crippen molar-refractivity contribution in [3.8, 4) is 40.1 Å². The molecule has 1 unspecified atom stereocenters. The molecule has 5 heteroatoms. The van der Waals surface area contributed by atoms with Crippen molar-refractivity contribution >= 4 is 33.3 Å². The van der Waals surface area contributed by atoms with E-state index in [4.69, 9.17) is 4.99 Å². The molecule has 1 N–H and O–H groups in total. The van der Waals surface area contributed by atoms with Gasteiger partial charge in [-0.05, 0) is 88.8 Å². The lowest BCUT2D eigenvalue weighted by molar-refractivity contribution is 0.849. The van der Waals surface area contributed by atoms with Crippen LogP contribution in [0.3, 0.4) is 0 Å². The summed E-state index contributed by atoms with van der Waals surface area (Å²) in [7, 11) is 0. The number of aliphatic imine (C=N–C) groups is 1. The van der Waals surface area contributed by atoms with E-state index in [9.17, 15) is 10.5 Å². The molecule has 0 spiro atoms. The van der Waals surface area contributed by atoms with E-state index in [1.54, 1.807) is 0 Å². The van der Waals surface area contributed by atoms with Gasteiger partial charge in [0, 0.05) is 27.6 Å². The fraction of sp³-hybridized carbons (Fsp3) is 0.0426. The summed E-state index contributed by atoms with van der Waals surface area (Å²) in [6, 6.07) is 58.3. The number of fused-ring (bicyclic) bond motifs is 4. The number of rotatable bonds is 5. The average molecular weight is 666 g/mol. The van der Waals surface area contributed by atoms with Crippen LogP contribution in [0, 0.1) is 29.6 Å². The molecule has 2 heterocycles. The van der Waals surface area contributed by atoms with Crippen LogP contribution >= 0.6 is 0 Å². The first-order chi connectivity index (χ1) is 25.6. The minimum atomic E-state index is -0.483. The van der Waals surface area contributed by atoms with Crippen LogP contribution in [-0.4, -0.2) is 10.4 Å². The van der Waals surface area contributed by atoms with E-state index in [-0.39, 0.29) is 0 Å². The number of nitrogens with one attached hydrogen (secondary N) is 1. The summed E-state index contributed by atoms with van der Waals surface area (Å²) in [5, 5.41) is 26.7. The summed E-state index contributed by atoms with van der Waals surface area (Å²) in [4.78, 5) is 5.22. The average Bonchev–Trinajstić information content (AvgIpc) is 3.54. The van der Waals surface area contributed by atoms with Crippen molar-refractivity contribution in [3.05, 3.63) is 191 Å². The molecule has 5 nitrogen and oxygen atoms in total. The second-order valence-electron chi connectivity index (χ2n) is 13.1. The second kappa shape index (κ2) is 12.6. The molecule has 0 fully saturated rings. The van der Waals surface area contributed by atoms with Crippen molar-refractivity contribution < 1.29 is 0 Å². The molecule has 0 aliphatic carbocycles. The molecule has 0 saturated heterocycles. The van der Waals surface area contributed by atoms with Gasteiger partial charge in [-0.1, -0.05) is 109 Å². The van der Waals surface area contributed by atoms with Crippen LogP contribution in [0.1, 0.15) is 39.4 Å². The van der Waals surface area contributed by atoms with Crippen LogP contribution in [0.4, 0.5) is 5.69 Å². The van der Waals surface area contributed by atoms with Gasteiger partial charge in [-0.25, -0.2) is 0 Å². The number of hydrogen-bond acceptors (Lipinski definition) is 4. The van der Waals surface area contributed by atoms with Crippen LogP contribution in [0.15, 0.2) is 163 Å². The van der Waals surface area contributed by atoms with Crippen molar-refractivity contribution in [1.82, 2.24) is 4.57 Å². The van der Waals surface area contributed by atoms with Crippen LogP contribution in [0.5, 0.6) is 0 Å². The van der Waals surface area contributed by atoms with E-state index in [2.05, 4.69) is 120 Å². The summed E-state index contributed by atoms with van der Waals surface area (Å²) in [6.45, 7) is 2.07. The van der Waals surface area contributed by atoms with Gasteiger partial charge in [0.2, 0.25) is 0 Å². The standard InChI is InChI=1S/C47H31N5/c1-30-24-44(37(29-49)27-38(30)46-45-36(28-48)18-11-19-41(45)50-47(51-46)33-16-9-4-10-17-33)52-42-22-20-34(31-12-5-2-6-13-31)25-39(42)40-26-35(21-23-43(40)52)32-14-7-3-8-15-32/h2-27,46H,1H3,(H,50,51). The molecule has 0 bridgehead atoms. The fourth-order valence-electron chi connectivity index (χ4n) is 7.57. The largest absolute Gasteiger partial charge is 0.340 e. The number of hydrogen-bond donors (Lipinski definition) is 1. The van der Waals surface area contributed by atoms with Gasteiger partial charge in [-0.2, -0.15) is 10.5 Å². The predicted octanol–water partition coefficient (Wildman–Crippen LogP) is 11.1. The molecule has 1 aliphatic heterocycles. The zero-order valence-electron chi connectivity index (χ0n) is 28.4. The maximum atomic E-state index is 10.8. The SMILES string of the molecule is Cc1cc(-n2c3ccc(-c4ccccc4)cc3c3cc(-c4ccccc4)ccc32)c(C#N)cc1C1N=C(c2ccccc2)Nc2cccc(C#N)c21. The van der Waals surface area contributed by atoms with E-state index in [0.29, 0.717) is 11.1 Å². The third-order valence-corrected chi connectivity index (χ3v) is 10.1. The molecule has 52 heavy (non-hydrogen) atoms. The number of nitrogens with zero attached hydrogens (tertiary/aromatic N) is 4. The fourth-order valence-corrected chi connectivity index (χ4v) is 7.57. The van der Waals surface area contributed by atoms with Crippen molar-refractivity contribution in [1.29, 1.82) is 10.5 Å². The van der Waals surface area contributed by atoms with Gasteiger partial charge < -0.3 is 9.88 Å². The van der Waals surface area contributed by atoms with Crippen LogP contribution < -0.4 is 5.32 Å². The minimum absolute atomic E-state index is 0.483. The summed E-state index contributed by atoms with van der Waals surface area (Å²) in [5.41, 5.74) is 13.0. The van der Waals surface area contributed by atoms with E-state index in [1.807, 2.05) is 66.7 Å². The van der Waals surface area contributed by atoms with Crippen molar-refractivity contribution in [2.24, 2.45) is 4.99 Å². The number of aromatic nitrogens is 1. The van der Waals surface area contributed by atoms with E-state index < -0.39 is 6.04 Å². The zero-order valence-corrected chi connectivity index (χ0v) is 28.4. The van der Waals surface area contributed by atoms with Crippen LogP contribution in [0.25, 0.3) is 49.7 Å².